The van der Waals surface area contributed by atoms with Crippen molar-refractivity contribution in [2.45, 2.75) is 0 Å². The molecule has 6 nitrogen and oxygen atoms in total. The first-order valence-corrected chi connectivity index (χ1v) is 6.29. The number of rotatable bonds is 4. The molecule has 0 radical (unpaired) electrons. The number of carbonyl (C=O) groups is 1. The molecule has 1 heterocycles. The van der Waals surface area contributed by atoms with Crippen molar-refractivity contribution in [2.75, 3.05) is 7.11 Å². The average Bonchev–Trinajstić information content (AvgIpc) is 2.51. The number of phenolic OH excluding ortho intramolecular Hbond substituents is 1. The maximum absolute atomic E-state index is 11.7. The number of ether oxygens (including phenoxy) is 1. The molecular weight excluding hydrogens is 294 g/mol. The number of benzene rings is 1. The zero-order valence-electron chi connectivity index (χ0n) is 11.1. The normalized spacial score (nSPS) is 10.6. The van der Waals surface area contributed by atoms with E-state index in [0.717, 1.165) is 0 Å². The topological polar surface area (TPSA) is 83.8 Å². The van der Waals surface area contributed by atoms with Crippen LogP contribution in [0.25, 0.3) is 0 Å². The third kappa shape index (κ3) is 3.70. The molecule has 0 unspecified atom stereocenters. The minimum absolute atomic E-state index is 0.108. The van der Waals surface area contributed by atoms with Gasteiger partial charge in [0.05, 0.1) is 13.3 Å². The fourth-order valence-electron chi connectivity index (χ4n) is 1.58. The van der Waals surface area contributed by atoms with Crippen LogP contribution in [0.15, 0.2) is 41.8 Å². The van der Waals surface area contributed by atoms with Crippen molar-refractivity contribution in [3.63, 3.8) is 0 Å². The van der Waals surface area contributed by atoms with Crippen LogP contribution in [-0.4, -0.2) is 29.3 Å². The molecule has 1 aromatic carbocycles. The van der Waals surface area contributed by atoms with Crippen LogP contribution in [0.1, 0.15) is 15.9 Å². The third-order valence-electron chi connectivity index (χ3n) is 2.60. The van der Waals surface area contributed by atoms with E-state index >= 15 is 0 Å². The maximum Gasteiger partial charge on any atom is 0.271 e. The van der Waals surface area contributed by atoms with Crippen molar-refractivity contribution < 1.29 is 14.6 Å². The van der Waals surface area contributed by atoms with E-state index in [4.69, 9.17) is 16.3 Å². The number of phenols is 1. The van der Waals surface area contributed by atoms with Crippen LogP contribution in [0.5, 0.6) is 11.5 Å². The van der Waals surface area contributed by atoms with Crippen molar-refractivity contribution in [1.29, 1.82) is 0 Å². The number of hydrogen-bond donors (Lipinski definition) is 2. The van der Waals surface area contributed by atoms with Gasteiger partial charge in [0.1, 0.15) is 0 Å². The highest BCUT2D eigenvalue weighted by Gasteiger charge is 2.08. The zero-order chi connectivity index (χ0) is 15.2. The standard InChI is InChI=1S/C14H12ClN3O3/c1-21-12-7-11(15)6-10(13(12)19)8-17-18-14(20)9-2-4-16-5-3-9/h2-8,19H,1H3,(H,18,20)/b17-8-. The second-order valence-electron chi connectivity index (χ2n) is 3.98. The van der Waals surface area contributed by atoms with Crippen LogP contribution in [-0.2, 0) is 0 Å². The Morgan fingerprint density at radius 2 is 2.14 bits per heavy atom. The van der Waals surface area contributed by atoms with Gasteiger partial charge in [-0.2, -0.15) is 5.10 Å². The largest absolute Gasteiger partial charge is 0.504 e. The maximum atomic E-state index is 11.7. The van der Waals surface area contributed by atoms with E-state index in [0.29, 0.717) is 16.1 Å². The van der Waals surface area contributed by atoms with E-state index in [1.165, 1.54) is 37.9 Å². The second-order valence-corrected chi connectivity index (χ2v) is 4.42. The number of hydrazone groups is 1. The van der Waals surface area contributed by atoms with Crippen molar-refractivity contribution in [3.8, 4) is 11.5 Å². The number of halogens is 1. The van der Waals surface area contributed by atoms with Crippen molar-refractivity contribution >= 4 is 23.7 Å². The summed E-state index contributed by atoms with van der Waals surface area (Å²) in [4.78, 5) is 15.6. The molecule has 21 heavy (non-hydrogen) atoms. The number of pyridine rings is 1. The lowest BCUT2D eigenvalue weighted by Crippen LogP contribution is -2.17. The van der Waals surface area contributed by atoms with Gasteiger partial charge >= 0.3 is 0 Å². The zero-order valence-corrected chi connectivity index (χ0v) is 11.8. The van der Waals surface area contributed by atoms with Gasteiger partial charge in [0.2, 0.25) is 0 Å². The van der Waals surface area contributed by atoms with Gasteiger partial charge in [-0.05, 0) is 18.2 Å². The SMILES string of the molecule is COc1cc(Cl)cc(/C=N\NC(=O)c2ccncc2)c1O. The Kier molecular flexibility index (Phi) is 4.73. The monoisotopic (exact) mass is 305 g/mol. The first-order chi connectivity index (χ1) is 10.1. The Morgan fingerprint density at radius 1 is 1.43 bits per heavy atom. The van der Waals surface area contributed by atoms with Gasteiger partial charge in [-0.1, -0.05) is 11.6 Å². The van der Waals surface area contributed by atoms with E-state index in [1.807, 2.05) is 0 Å². The molecule has 0 spiro atoms. The average molecular weight is 306 g/mol. The highest BCUT2D eigenvalue weighted by atomic mass is 35.5. The van der Waals surface area contributed by atoms with Crippen LogP contribution < -0.4 is 10.2 Å². The first kappa shape index (κ1) is 14.8. The van der Waals surface area contributed by atoms with Crippen LogP contribution in [0.2, 0.25) is 5.02 Å². The smallest absolute Gasteiger partial charge is 0.271 e. The van der Waals surface area contributed by atoms with Gasteiger partial charge in [-0.15, -0.1) is 0 Å². The molecule has 0 saturated heterocycles. The molecular formula is C14H12ClN3O3. The fraction of sp³-hybridized carbons (Fsp3) is 0.0714. The van der Waals surface area contributed by atoms with Crippen molar-refractivity contribution in [1.82, 2.24) is 10.4 Å². The molecule has 7 heteroatoms. The Morgan fingerprint density at radius 3 is 2.81 bits per heavy atom. The van der Waals surface area contributed by atoms with Crippen LogP contribution in [0.3, 0.4) is 0 Å². The number of methoxy groups -OCH3 is 1. The van der Waals surface area contributed by atoms with Crippen LogP contribution in [0.4, 0.5) is 0 Å². The number of nitrogens with one attached hydrogen (secondary N) is 1. The summed E-state index contributed by atoms with van der Waals surface area (Å²) in [6.07, 6.45) is 4.29. The molecule has 0 aliphatic heterocycles. The Hall–Kier alpha value is -2.60. The van der Waals surface area contributed by atoms with Gasteiger partial charge in [0.25, 0.3) is 5.91 Å². The van der Waals surface area contributed by atoms with Crippen molar-refractivity contribution in [3.05, 3.63) is 52.8 Å². The minimum Gasteiger partial charge on any atom is -0.504 e. The predicted molar refractivity (Wildman–Crippen MR) is 79.0 cm³/mol. The molecule has 2 aromatic rings. The Balaban J connectivity index is 2.12. The summed E-state index contributed by atoms with van der Waals surface area (Å²) in [6, 6.07) is 6.10. The number of aromatic nitrogens is 1. The summed E-state index contributed by atoms with van der Waals surface area (Å²) >= 11 is 5.89. The van der Waals surface area contributed by atoms with Crippen molar-refractivity contribution in [2.24, 2.45) is 5.10 Å². The molecule has 2 rings (SSSR count). The Labute approximate surface area is 126 Å². The molecule has 0 fully saturated rings. The molecule has 1 amide bonds. The van der Waals surface area contributed by atoms with Gasteiger partial charge in [0, 0.05) is 34.6 Å². The van der Waals surface area contributed by atoms with E-state index in [1.54, 1.807) is 12.1 Å². The summed E-state index contributed by atoms with van der Waals surface area (Å²) in [5.74, 6) is -0.268. The number of hydrogen-bond acceptors (Lipinski definition) is 5. The predicted octanol–water partition coefficient (Wildman–Crippen LogP) is 2.21. The van der Waals surface area contributed by atoms with Gasteiger partial charge < -0.3 is 9.84 Å². The van der Waals surface area contributed by atoms with E-state index in [-0.39, 0.29) is 17.4 Å². The molecule has 0 saturated carbocycles. The Bertz CT molecular complexity index is 675. The summed E-state index contributed by atoms with van der Waals surface area (Å²) in [7, 11) is 1.41. The number of amides is 1. The van der Waals surface area contributed by atoms with E-state index in [2.05, 4.69) is 15.5 Å². The van der Waals surface area contributed by atoms with Crippen LogP contribution >= 0.6 is 11.6 Å². The van der Waals surface area contributed by atoms with Crippen LogP contribution in [0, 0.1) is 0 Å². The van der Waals surface area contributed by atoms with Gasteiger partial charge in [0.15, 0.2) is 11.5 Å². The summed E-state index contributed by atoms with van der Waals surface area (Å²) < 4.78 is 4.97. The number of aromatic hydroxyl groups is 1. The fourth-order valence-corrected chi connectivity index (χ4v) is 1.79. The lowest BCUT2D eigenvalue weighted by Gasteiger charge is -2.06. The molecule has 0 bridgehead atoms. The third-order valence-corrected chi connectivity index (χ3v) is 2.82. The lowest BCUT2D eigenvalue weighted by molar-refractivity contribution is 0.0955. The minimum atomic E-state index is -0.387. The summed E-state index contributed by atoms with van der Waals surface area (Å²) in [6.45, 7) is 0. The highest BCUT2D eigenvalue weighted by molar-refractivity contribution is 6.31. The molecule has 2 N–H and O–H groups in total. The van der Waals surface area contributed by atoms with Gasteiger partial charge in [-0.25, -0.2) is 5.43 Å². The number of nitrogens with zero attached hydrogens (tertiary/aromatic N) is 2. The quantitative estimate of drug-likeness (QED) is 0.670. The first-order valence-electron chi connectivity index (χ1n) is 5.91. The van der Waals surface area contributed by atoms with E-state index < -0.39 is 0 Å². The molecule has 108 valence electrons. The second kappa shape index (κ2) is 6.71. The van der Waals surface area contributed by atoms with Gasteiger partial charge in [-0.3, -0.25) is 9.78 Å². The number of carbonyl (C=O) groups excluding carboxylic acids is 1. The molecule has 0 aliphatic carbocycles. The summed E-state index contributed by atoms with van der Waals surface area (Å²) in [5.41, 5.74) is 3.09. The summed E-state index contributed by atoms with van der Waals surface area (Å²) in [5, 5.41) is 14.1. The molecule has 1 aromatic heterocycles. The molecule has 0 atom stereocenters. The lowest BCUT2D eigenvalue weighted by atomic mass is 10.2. The highest BCUT2D eigenvalue weighted by Crippen LogP contribution is 2.32. The molecule has 0 aliphatic rings. The van der Waals surface area contributed by atoms with E-state index in [9.17, 15) is 9.90 Å².